The SMILES string of the molecule is CC(C)N(C(=O)CCCc1nc2ccccc2s1)C1CC1. The highest BCUT2D eigenvalue weighted by Gasteiger charge is 2.33. The van der Waals surface area contributed by atoms with Crippen molar-refractivity contribution in [2.75, 3.05) is 0 Å². The highest BCUT2D eigenvalue weighted by atomic mass is 32.1. The Balaban J connectivity index is 1.54. The zero-order chi connectivity index (χ0) is 14.8. The summed E-state index contributed by atoms with van der Waals surface area (Å²) >= 11 is 1.75. The normalized spacial score (nSPS) is 14.8. The molecule has 0 radical (unpaired) electrons. The predicted octanol–water partition coefficient (Wildman–Crippen LogP) is 4.02. The molecule has 0 atom stereocenters. The van der Waals surface area contributed by atoms with Crippen LogP contribution in [-0.4, -0.2) is 27.9 Å². The number of hydrogen-bond acceptors (Lipinski definition) is 3. The van der Waals surface area contributed by atoms with E-state index in [0.29, 0.717) is 24.4 Å². The summed E-state index contributed by atoms with van der Waals surface area (Å²) in [6.07, 6.45) is 4.81. The zero-order valence-corrected chi connectivity index (χ0v) is 13.5. The maximum absolute atomic E-state index is 12.3. The summed E-state index contributed by atoms with van der Waals surface area (Å²) in [5.41, 5.74) is 1.07. The number of hydrogen-bond donors (Lipinski definition) is 0. The fourth-order valence-electron chi connectivity index (χ4n) is 2.81. The number of para-hydroxylation sites is 1. The molecule has 3 rings (SSSR count). The smallest absolute Gasteiger partial charge is 0.223 e. The second-order valence-corrected chi connectivity index (χ2v) is 7.17. The topological polar surface area (TPSA) is 33.2 Å². The Morgan fingerprint density at radius 2 is 2.14 bits per heavy atom. The van der Waals surface area contributed by atoms with Gasteiger partial charge in [-0.05, 0) is 51.7 Å². The molecule has 0 spiro atoms. The third-order valence-corrected chi connectivity index (χ3v) is 5.00. The number of benzene rings is 1. The van der Waals surface area contributed by atoms with Gasteiger partial charge in [0.1, 0.15) is 0 Å². The highest BCUT2D eigenvalue weighted by Crippen LogP contribution is 2.29. The van der Waals surface area contributed by atoms with E-state index in [2.05, 4.69) is 29.8 Å². The molecule has 1 aromatic heterocycles. The lowest BCUT2D eigenvalue weighted by molar-refractivity contribution is -0.133. The van der Waals surface area contributed by atoms with Crippen molar-refractivity contribution in [2.45, 2.75) is 58.0 Å². The molecular weight excluding hydrogens is 280 g/mol. The van der Waals surface area contributed by atoms with Crippen LogP contribution in [0.5, 0.6) is 0 Å². The van der Waals surface area contributed by atoms with Crippen LogP contribution in [0.2, 0.25) is 0 Å². The van der Waals surface area contributed by atoms with Crippen molar-refractivity contribution in [3.8, 4) is 0 Å². The second-order valence-electron chi connectivity index (χ2n) is 6.05. The summed E-state index contributed by atoms with van der Waals surface area (Å²) in [7, 11) is 0. The van der Waals surface area contributed by atoms with Gasteiger partial charge in [0.05, 0.1) is 15.2 Å². The Kier molecular flexibility index (Phi) is 4.24. The largest absolute Gasteiger partial charge is 0.337 e. The standard InChI is InChI=1S/C17H22N2OS/c1-12(2)19(13-10-11-13)17(20)9-5-8-16-18-14-6-3-4-7-15(14)21-16/h3-4,6-7,12-13H,5,8-11H2,1-2H3. The van der Waals surface area contributed by atoms with Crippen molar-refractivity contribution in [1.82, 2.24) is 9.88 Å². The molecule has 0 N–H and O–H groups in total. The third-order valence-electron chi connectivity index (χ3n) is 3.90. The number of thiazole rings is 1. The minimum atomic E-state index is 0.314. The molecule has 21 heavy (non-hydrogen) atoms. The monoisotopic (exact) mass is 302 g/mol. The van der Waals surface area contributed by atoms with Crippen LogP contribution < -0.4 is 0 Å². The van der Waals surface area contributed by atoms with Crippen molar-refractivity contribution in [1.29, 1.82) is 0 Å². The van der Waals surface area contributed by atoms with Crippen LogP contribution in [0.15, 0.2) is 24.3 Å². The minimum absolute atomic E-state index is 0.314. The Bertz CT molecular complexity index is 596. The van der Waals surface area contributed by atoms with Crippen LogP contribution in [0.3, 0.4) is 0 Å². The lowest BCUT2D eigenvalue weighted by Gasteiger charge is -2.26. The summed E-state index contributed by atoms with van der Waals surface area (Å²) in [4.78, 5) is 19.0. The molecule has 1 saturated carbocycles. The van der Waals surface area contributed by atoms with Gasteiger partial charge in [-0.25, -0.2) is 4.98 Å². The molecule has 4 heteroatoms. The van der Waals surface area contributed by atoms with Crippen LogP contribution >= 0.6 is 11.3 Å². The number of carbonyl (C=O) groups is 1. The Morgan fingerprint density at radius 3 is 2.81 bits per heavy atom. The fraction of sp³-hybridized carbons (Fsp3) is 0.529. The van der Waals surface area contributed by atoms with Crippen LogP contribution in [0.1, 0.15) is 44.5 Å². The van der Waals surface area contributed by atoms with Gasteiger partial charge in [-0.2, -0.15) is 0 Å². The van der Waals surface area contributed by atoms with Crippen LogP contribution in [0.4, 0.5) is 0 Å². The van der Waals surface area contributed by atoms with E-state index < -0.39 is 0 Å². The predicted molar refractivity (Wildman–Crippen MR) is 87.6 cm³/mol. The van der Waals surface area contributed by atoms with Gasteiger partial charge in [0.15, 0.2) is 0 Å². The third kappa shape index (κ3) is 3.43. The Morgan fingerprint density at radius 1 is 1.38 bits per heavy atom. The van der Waals surface area contributed by atoms with E-state index in [1.54, 1.807) is 11.3 Å². The summed E-state index contributed by atoms with van der Waals surface area (Å²) in [5, 5.41) is 1.14. The first kappa shape index (κ1) is 14.5. The molecule has 0 unspecified atom stereocenters. The lowest BCUT2D eigenvalue weighted by Crippen LogP contribution is -2.38. The van der Waals surface area contributed by atoms with Gasteiger partial charge in [0, 0.05) is 18.5 Å². The quantitative estimate of drug-likeness (QED) is 0.807. The molecule has 1 aliphatic rings. The van der Waals surface area contributed by atoms with Gasteiger partial charge in [-0.15, -0.1) is 11.3 Å². The maximum atomic E-state index is 12.3. The Hall–Kier alpha value is -1.42. The molecule has 2 aromatic rings. The summed E-state index contributed by atoms with van der Waals surface area (Å²) in [5.74, 6) is 0.314. The molecule has 1 aromatic carbocycles. The Labute approximate surface area is 130 Å². The van der Waals surface area contributed by atoms with Gasteiger partial charge in [-0.3, -0.25) is 4.79 Å². The zero-order valence-electron chi connectivity index (χ0n) is 12.7. The molecule has 0 saturated heterocycles. The van der Waals surface area contributed by atoms with E-state index in [4.69, 9.17) is 0 Å². The summed E-state index contributed by atoms with van der Waals surface area (Å²) in [6.45, 7) is 4.23. The van der Waals surface area contributed by atoms with Crippen molar-refractivity contribution < 1.29 is 4.79 Å². The van der Waals surface area contributed by atoms with Gasteiger partial charge in [0.2, 0.25) is 5.91 Å². The number of aromatic nitrogens is 1. The van der Waals surface area contributed by atoms with Crippen LogP contribution in [-0.2, 0) is 11.2 Å². The molecule has 0 bridgehead atoms. The molecule has 1 heterocycles. The highest BCUT2D eigenvalue weighted by molar-refractivity contribution is 7.18. The van der Waals surface area contributed by atoms with Crippen molar-refractivity contribution >= 4 is 27.5 Å². The molecule has 1 fully saturated rings. The molecule has 1 amide bonds. The number of aryl methyl sites for hydroxylation is 1. The van der Waals surface area contributed by atoms with Crippen LogP contribution in [0.25, 0.3) is 10.2 Å². The first-order chi connectivity index (χ1) is 10.1. The number of amides is 1. The maximum Gasteiger partial charge on any atom is 0.223 e. The lowest BCUT2D eigenvalue weighted by atomic mass is 10.2. The summed E-state index contributed by atoms with van der Waals surface area (Å²) in [6, 6.07) is 9.06. The van der Waals surface area contributed by atoms with Crippen molar-refractivity contribution in [3.63, 3.8) is 0 Å². The average Bonchev–Trinajstić information content (AvgIpc) is 3.17. The van der Waals surface area contributed by atoms with Crippen LogP contribution in [0, 0.1) is 0 Å². The van der Waals surface area contributed by atoms with E-state index >= 15 is 0 Å². The van der Waals surface area contributed by atoms with Gasteiger partial charge < -0.3 is 4.90 Å². The molecule has 3 nitrogen and oxygen atoms in total. The molecule has 112 valence electrons. The summed E-state index contributed by atoms with van der Waals surface area (Å²) < 4.78 is 1.24. The van der Waals surface area contributed by atoms with E-state index in [1.165, 1.54) is 17.5 Å². The van der Waals surface area contributed by atoms with Gasteiger partial charge in [-0.1, -0.05) is 12.1 Å². The van der Waals surface area contributed by atoms with E-state index in [1.807, 2.05) is 18.2 Å². The van der Waals surface area contributed by atoms with Gasteiger partial charge >= 0.3 is 0 Å². The van der Waals surface area contributed by atoms with Crippen molar-refractivity contribution in [2.24, 2.45) is 0 Å². The molecule has 1 aliphatic carbocycles. The first-order valence-corrected chi connectivity index (χ1v) is 8.62. The number of carbonyl (C=O) groups excluding carboxylic acids is 1. The van der Waals surface area contributed by atoms with E-state index in [9.17, 15) is 4.79 Å². The van der Waals surface area contributed by atoms with E-state index in [-0.39, 0.29) is 0 Å². The first-order valence-electron chi connectivity index (χ1n) is 7.81. The van der Waals surface area contributed by atoms with Crippen molar-refractivity contribution in [3.05, 3.63) is 29.3 Å². The fourth-order valence-corrected chi connectivity index (χ4v) is 3.82. The number of fused-ring (bicyclic) bond motifs is 1. The second kappa shape index (κ2) is 6.14. The van der Waals surface area contributed by atoms with E-state index in [0.717, 1.165) is 23.4 Å². The molecular formula is C17H22N2OS. The molecule has 0 aliphatic heterocycles. The average molecular weight is 302 g/mol. The van der Waals surface area contributed by atoms with Gasteiger partial charge in [0.25, 0.3) is 0 Å². The number of rotatable bonds is 6. The number of nitrogens with zero attached hydrogens (tertiary/aromatic N) is 2. The minimum Gasteiger partial charge on any atom is -0.337 e.